The molecule has 2 aromatic rings. The highest BCUT2D eigenvalue weighted by Gasteiger charge is 2.36. The molecule has 0 N–H and O–H groups in total. The Morgan fingerprint density at radius 1 is 1.26 bits per heavy atom. The van der Waals surface area contributed by atoms with E-state index in [1.807, 2.05) is 0 Å². The minimum Gasteiger partial charge on any atom is -0.281 e. The van der Waals surface area contributed by atoms with E-state index in [0.717, 1.165) is 29.3 Å². The normalized spacial score (nSPS) is 19.1. The number of nitrogens with zero attached hydrogens (tertiary/aromatic N) is 3. The van der Waals surface area contributed by atoms with E-state index in [0.29, 0.717) is 24.3 Å². The Balaban J connectivity index is 2.29. The summed E-state index contributed by atoms with van der Waals surface area (Å²) in [5.74, 6) is 0.406. The monoisotopic (exact) mass is 373 g/mol. The number of aromatic nitrogens is 1. The molecule has 0 aliphatic heterocycles. The highest BCUT2D eigenvalue weighted by Crippen LogP contribution is 2.37. The summed E-state index contributed by atoms with van der Waals surface area (Å²) in [6, 6.07) is 9.17. The Labute approximate surface area is 154 Å². The van der Waals surface area contributed by atoms with Gasteiger partial charge in [-0.3, -0.25) is 4.79 Å². The second kappa shape index (κ2) is 7.39. The predicted octanol–water partition coefficient (Wildman–Crippen LogP) is 5.50. The fraction of sp³-hybridized carbons (Fsp3) is 0.350. The van der Waals surface area contributed by atoms with Crippen LogP contribution < -0.4 is 5.56 Å². The second-order valence-electron chi connectivity index (χ2n) is 6.75. The summed E-state index contributed by atoms with van der Waals surface area (Å²) in [4.78, 5) is 15.6. The lowest BCUT2D eigenvalue weighted by molar-refractivity contribution is -0.136. The van der Waals surface area contributed by atoms with Gasteiger partial charge in [-0.15, -0.1) is 0 Å². The first-order valence-electron chi connectivity index (χ1n) is 8.68. The molecular formula is C20H18F3N3O. The van der Waals surface area contributed by atoms with Gasteiger partial charge < -0.3 is 0 Å². The number of rotatable bonds is 2. The van der Waals surface area contributed by atoms with E-state index in [-0.39, 0.29) is 5.69 Å². The van der Waals surface area contributed by atoms with Gasteiger partial charge in [0, 0.05) is 11.3 Å². The minimum absolute atomic E-state index is 0.0334. The van der Waals surface area contributed by atoms with Gasteiger partial charge in [0.05, 0.1) is 17.8 Å². The van der Waals surface area contributed by atoms with Crippen LogP contribution in [0, 0.1) is 12.5 Å². The molecule has 1 aliphatic carbocycles. The summed E-state index contributed by atoms with van der Waals surface area (Å²) in [6.07, 6.45) is -1.44. The van der Waals surface area contributed by atoms with E-state index in [9.17, 15) is 18.0 Å². The summed E-state index contributed by atoms with van der Waals surface area (Å²) < 4.78 is 41.2. The third kappa shape index (κ3) is 3.95. The molecule has 140 valence electrons. The maximum Gasteiger partial charge on any atom is 0.407 e. The smallest absolute Gasteiger partial charge is 0.281 e. The van der Waals surface area contributed by atoms with Gasteiger partial charge in [-0.2, -0.15) is 18.3 Å². The lowest BCUT2D eigenvalue weighted by Crippen LogP contribution is -2.24. The van der Waals surface area contributed by atoms with Crippen LogP contribution in [0.15, 0.2) is 46.3 Å². The van der Waals surface area contributed by atoms with Crippen LogP contribution >= 0.6 is 0 Å². The van der Waals surface area contributed by atoms with Crippen LogP contribution in [-0.4, -0.2) is 10.4 Å². The van der Waals surface area contributed by atoms with Crippen LogP contribution in [0.25, 0.3) is 16.1 Å². The third-order valence-electron chi connectivity index (χ3n) is 4.63. The van der Waals surface area contributed by atoms with Crippen molar-refractivity contribution in [3.8, 4) is 11.3 Å². The molecule has 7 heteroatoms. The molecule has 1 aromatic heterocycles. The summed E-state index contributed by atoms with van der Waals surface area (Å²) >= 11 is 0. The second-order valence-corrected chi connectivity index (χ2v) is 6.75. The highest BCUT2D eigenvalue weighted by molar-refractivity contribution is 5.85. The number of pyridine rings is 1. The topological polar surface area (TPSA) is 38.7 Å². The average molecular weight is 373 g/mol. The van der Waals surface area contributed by atoms with Crippen LogP contribution in [0.2, 0.25) is 0 Å². The molecule has 1 fully saturated rings. The van der Waals surface area contributed by atoms with Crippen molar-refractivity contribution in [1.82, 2.24) is 4.68 Å². The first kappa shape index (κ1) is 18.9. The molecule has 1 heterocycles. The Bertz CT molecular complexity index is 969. The van der Waals surface area contributed by atoms with Crippen LogP contribution in [0.3, 0.4) is 0 Å². The van der Waals surface area contributed by atoms with Gasteiger partial charge in [-0.25, -0.2) is 9.52 Å². The van der Waals surface area contributed by atoms with E-state index in [4.69, 9.17) is 6.57 Å². The van der Waals surface area contributed by atoms with Gasteiger partial charge in [-0.05, 0) is 37.7 Å². The van der Waals surface area contributed by atoms with Crippen LogP contribution in [0.4, 0.5) is 18.9 Å². The van der Waals surface area contributed by atoms with Gasteiger partial charge in [0.1, 0.15) is 0 Å². The number of hydrogen-bond donors (Lipinski definition) is 0. The van der Waals surface area contributed by atoms with Crippen molar-refractivity contribution in [1.29, 1.82) is 0 Å². The van der Waals surface area contributed by atoms with Crippen LogP contribution in [-0.2, 0) is 6.18 Å². The van der Waals surface area contributed by atoms with E-state index in [2.05, 4.69) is 16.9 Å². The fourth-order valence-corrected chi connectivity index (χ4v) is 3.32. The van der Waals surface area contributed by atoms with Crippen LogP contribution in [0.1, 0.15) is 38.2 Å². The van der Waals surface area contributed by atoms with Gasteiger partial charge in [0.25, 0.3) is 11.2 Å². The molecule has 1 aliphatic rings. The first-order chi connectivity index (χ1) is 12.8. The molecule has 1 atom stereocenters. The zero-order valence-electron chi connectivity index (χ0n) is 14.8. The van der Waals surface area contributed by atoms with Crippen molar-refractivity contribution < 1.29 is 13.2 Å². The van der Waals surface area contributed by atoms with Crippen molar-refractivity contribution >= 4 is 11.4 Å². The number of hydrogen-bond acceptors (Lipinski definition) is 2. The number of halogens is 3. The zero-order chi connectivity index (χ0) is 19.6. The maximum atomic E-state index is 13.4. The van der Waals surface area contributed by atoms with Gasteiger partial charge in [-0.1, -0.05) is 37.3 Å². The summed E-state index contributed by atoms with van der Waals surface area (Å²) in [5.41, 5.74) is -1.98. The Kier molecular flexibility index (Phi) is 5.17. The Morgan fingerprint density at radius 2 is 1.96 bits per heavy atom. The van der Waals surface area contributed by atoms with E-state index in [1.54, 1.807) is 30.3 Å². The summed E-state index contributed by atoms with van der Waals surface area (Å²) in [7, 11) is 0. The maximum absolute atomic E-state index is 13.4. The lowest BCUT2D eigenvalue weighted by atomic mass is 9.89. The summed E-state index contributed by atoms with van der Waals surface area (Å²) in [6.45, 7) is 9.17. The fourth-order valence-electron chi connectivity index (χ4n) is 3.32. The molecule has 0 radical (unpaired) electrons. The predicted molar refractivity (Wildman–Crippen MR) is 97.9 cm³/mol. The molecule has 0 saturated heterocycles. The molecular weight excluding hydrogens is 355 g/mol. The molecule has 0 bridgehead atoms. The molecule has 0 amide bonds. The molecule has 4 nitrogen and oxygen atoms in total. The van der Waals surface area contributed by atoms with Crippen molar-refractivity contribution in [2.24, 2.45) is 11.0 Å². The standard InChI is InChI=1S/C20H18F3N3O/c1-13-7-6-10-15(11-13)25-26-17(14-8-4-3-5-9-14)12-16(20(21,22)23)18(24-2)19(26)27/h3-5,8-9,12-13H,6-7,10-11H2,1H3/b25-15+. The molecule has 3 rings (SSSR count). The zero-order valence-corrected chi connectivity index (χ0v) is 14.8. The van der Waals surface area contributed by atoms with Crippen molar-refractivity contribution in [2.75, 3.05) is 0 Å². The van der Waals surface area contributed by atoms with E-state index < -0.39 is 23.0 Å². The Hall–Kier alpha value is -2.88. The minimum atomic E-state index is -4.80. The molecule has 1 saturated carbocycles. The SMILES string of the molecule is [C-]#[N+]c1c(C(F)(F)F)cc(-c2ccccc2)n(/N=C2\CCCC(C)C2)c1=O. The molecule has 0 spiro atoms. The number of benzene rings is 1. The average Bonchev–Trinajstić information content (AvgIpc) is 2.63. The Morgan fingerprint density at radius 3 is 2.56 bits per heavy atom. The van der Waals surface area contributed by atoms with Gasteiger partial charge in [0.15, 0.2) is 0 Å². The first-order valence-corrected chi connectivity index (χ1v) is 8.68. The number of alkyl halides is 3. The largest absolute Gasteiger partial charge is 0.407 e. The summed E-state index contributed by atoms with van der Waals surface area (Å²) in [5, 5.41) is 4.39. The van der Waals surface area contributed by atoms with Crippen molar-refractivity contribution in [3.63, 3.8) is 0 Å². The van der Waals surface area contributed by atoms with Gasteiger partial charge in [0.2, 0.25) is 0 Å². The molecule has 1 aromatic carbocycles. The van der Waals surface area contributed by atoms with E-state index >= 15 is 0 Å². The molecule has 27 heavy (non-hydrogen) atoms. The van der Waals surface area contributed by atoms with Crippen molar-refractivity contribution in [2.45, 2.75) is 38.8 Å². The van der Waals surface area contributed by atoms with Crippen LogP contribution in [0.5, 0.6) is 0 Å². The highest BCUT2D eigenvalue weighted by atomic mass is 19.4. The lowest BCUT2D eigenvalue weighted by Gasteiger charge is -2.21. The molecule has 1 unspecified atom stereocenters. The quantitative estimate of drug-likeness (QED) is 0.641. The van der Waals surface area contributed by atoms with Gasteiger partial charge >= 0.3 is 6.18 Å². The van der Waals surface area contributed by atoms with Crippen molar-refractivity contribution in [3.05, 3.63) is 63.7 Å². The third-order valence-corrected chi connectivity index (χ3v) is 4.63. The van der Waals surface area contributed by atoms with E-state index in [1.165, 1.54) is 0 Å².